The first-order valence-electron chi connectivity index (χ1n) is 7.54. The maximum Gasteiger partial charge on any atom is 0.225 e. The van der Waals surface area contributed by atoms with Gasteiger partial charge in [-0.2, -0.15) is 5.10 Å². The van der Waals surface area contributed by atoms with Crippen molar-refractivity contribution in [2.24, 2.45) is 0 Å². The van der Waals surface area contributed by atoms with Gasteiger partial charge in [0.2, 0.25) is 5.91 Å². The van der Waals surface area contributed by atoms with E-state index >= 15 is 0 Å². The minimum Gasteiger partial charge on any atom is -0.493 e. The second kappa shape index (κ2) is 6.28. The summed E-state index contributed by atoms with van der Waals surface area (Å²) in [6.45, 7) is 0. The predicted octanol–water partition coefficient (Wildman–Crippen LogP) is 1.56. The molecule has 7 heteroatoms. The zero-order valence-electron chi connectivity index (χ0n) is 13.3. The number of H-pyrrole nitrogens is 1. The lowest BCUT2D eigenvalue weighted by atomic mass is 9.76. The van der Waals surface area contributed by atoms with Crippen LogP contribution in [0.3, 0.4) is 0 Å². The molecule has 2 N–H and O–H groups in total. The van der Waals surface area contributed by atoms with Gasteiger partial charge >= 0.3 is 0 Å². The summed E-state index contributed by atoms with van der Waals surface area (Å²) in [5, 5.41) is 9.86. The minimum absolute atomic E-state index is 0.0479. The first-order chi connectivity index (χ1) is 11.2. The van der Waals surface area contributed by atoms with Crippen LogP contribution in [0.5, 0.6) is 11.5 Å². The first-order valence-corrected chi connectivity index (χ1v) is 7.54. The fraction of sp³-hybridized carbons (Fsp3) is 0.438. The molecule has 1 saturated carbocycles. The molecule has 0 atom stereocenters. The van der Waals surface area contributed by atoms with Gasteiger partial charge in [-0.25, -0.2) is 4.98 Å². The summed E-state index contributed by atoms with van der Waals surface area (Å²) in [5.41, 5.74) is 0.469. The molecule has 2 aromatic rings. The molecule has 1 heterocycles. The molecular weight excluding hydrogens is 296 g/mol. The van der Waals surface area contributed by atoms with Gasteiger partial charge < -0.3 is 14.8 Å². The van der Waals surface area contributed by atoms with Crippen molar-refractivity contribution in [3.8, 4) is 11.5 Å². The van der Waals surface area contributed by atoms with Gasteiger partial charge in [0.05, 0.1) is 26.2 Å². The van der Waals surface area contributed by atoms with Gasteiger partial charge in [0.15, 0.2) is 11.5 Å². The molecule has 0 spiro atoms. The third-order valence-electron chi connectivity index (χ3n) is 4.27. The number of amides is 1. The fourth-order valence-corrected chi connectivity index (χ4v) is 2.87. The molecule has 0 saturated heterocycles. The topological polar surface area (TPSA) is 89.1 Å². The highest BCUT2D eigenvalue weighted by Crippen LogP contribution is 2.39. The monoisotopic (exact) mass is 316 g/mol. The van der Waals surface area contributed by atoms with Crippen LogP contribution in [-0.2, 0) is 16.8 Å². The van der Waals surface area contributed by atoms with Gasteiger partial charge in [-0.05, 0) is 37.0 Å². The summed E-state index contributed by atoms with van der Waals surface area (Å²) in [4.78, 5) is 16.6. The average Bonchev–Trinajstić information content (AvgIpc) is 3.05. The fourth-order valence-electron chi connectivity index (χ4n) is 2.87. The highest BCUT2D eigenvalue weighted by Gasteiger charge is 2.42. The van der Waals surface area contributed by atoms with Gasteiger partial charge in [0.25, 0.3) is 0 Å². The molecule has 0 aliphatic heterocycles. The van der Waals surface area contributed by atoms with E-state index in [0.717, 1.165) is 30.7 Å². The normalized spacial score (nSPS) is 15.6. The van der Waals surface area contributed by atoms with Crippen molar-refractivity contribution in [1.82, 2.24) is 20.5 Å². The number of nitrogens with zero attached hydrogens (tertiary/aromatic N) is 2. The van der Waals surface area contributed by atoms with E-state index in [4.69, 9.17) is 9.47 Å². The molecule has 1 aliphatic carbocycles. The van der Waals surface area contributed by atoms with Crippen LogP contribution >= 0.6 is 0 Å². The minimum atomic E-state index is -0.399. The van der Waals surface area contributed by atoms with Crippen LogP contribution in [-0.4, -0.2) is 35.3 Å². The lowest BCUT2D eigenvalue weighted by Gasteiger charge is -2.40. The summed E-state index contributed by atoms with van der Waals surface area (Å²) < 4.78 is 10.5. The Morgan fingerprint density at radius 2 is 2.09 bits per heavy atom. The lowest BCUT2D eigenvalue weighted by molar-refractivity contribution is -0.123. The number of benzene rings is 1. The van der Waals surface area contributed by atoms with E-state index in [-0.39, 0.29) is 12.3 Å². The zero-order valence-corrected chi connectivity index (χ0v) is 13.3. The molecule has 0 unspecified atom stereocenters. The van der Waals surface area contributed by atoms with Crippen molar-refractivity contribution in [3.63, 3.8) is 0 Å². The number of rotatable bonds is 6. The number of hydrogen-bond donors (Lipinski definition) is 2. The lowest BCUT2D eigenvalue weighted by Crippen LogP contribution is -2.52. The Kier molecular flexibility index (Phi) is 4.18. The maximum atomic E-state index is 12.4. The standard InChI is InChI=1S/C16H20N4O3/c1-22-12-5-4-11(8-13(12)23-2)9-14(21)19-16(6-3-7-16)15-17-10-18-20-15/h4-5,8,10H,3,6-7,9H2,1-2H3,(H,19,21)(H,17,18,20). The van der Waals surface area contributed by atoms with Gasteiger partial charge in [-0.15, -0.1) is 0 Å². The quantitative estimate of drug-likeness (QED) is 0.844. The number of carbonyl (C=O) groups is 1. The van der Waals surface area contributed by atoms with E-state index in [2.05, 4.69) is 20.5 Å². The predicted molar refractivity (Wildman–Crippen MR) is 83.3 cm³/mol. The summed E-state index contributed by atoms with van der Waals surface area (Å²) in [6.07, 6.45) is 4.56. The summed E-state index contributed by atoms with van der Waals surface area (Å²) >= 11 is 0. The molecular formula is C16H20N4O3. The molecule has 3 rings (SSSR count). The number of carbonyl (C=O) groups excluding carboxylic acids is 1. The number of ether oxygens (including phenoxy) is 2. The number of methoxy groups -OCH3 is 2. The first kappa shape index (κ1) is 15.3. The Morgan fingerprint density at radius 3 is 2.65 bits per heavy atom. The van der Waals surface area contributed by atoms with Crippen LogP contribution in [0.25, 0.3) is 0 Å². The van der Waals surface area contributed by atoms with Gasteiger partial charge in [-0.3, -0.25) is 9.89 Å². The van der Waals surface area contributed by atoms with E-state index in [1.165, 1.54) is 6.33 Å². The summed E-state index contributed by atoms with van der Waals surface area (Å²) in [7, 11) is 3.16. The maximum absolute atomic E-state index is 12.4. The Bertz CT molecular complexity index is 681. The van der Waals surface area contributed by atoms with E-state index in [1.807, 2.05) is 12.1 Å². The highest BCUT2D eigenvalue weighted by molar-refractivity contribution is 5.79. The third kappa shape index (κ3) is 2.99. The third-order valence-corrected chi connectivity index (χ3v) is 4.27. The van der Waals surface area contributed by atoms with Crippen LogP contribution in [0.15, 0.2) is 24.5 Å². The largest absolute Gasteiger partial charge is 0.493 e. The number of nitrogens with one attached hydrogen (secondary N) is 2. The molecule has 1 amide bonds. The van der Waals surface area contributed by atoms with E-state index in [1.54, 1.807) is 20.3 Å². The van der Waals surface area contributed by atoms with Crippen LogP contribution in [0.4, 0.5) is 0 Å². The van der Waals surface area contributed by atoms with Crippen LogP contribution in [0, 0.1) is 0 Å². The Hall–Kier alpha value is -2.57. The Balaban J connectivity index is 1.70. The molecule has 23 heavy (non-hydrogen) atoms. The SMILES string of the molecule is COc1ccc(CC(=O)NC2(c3ncn[nH]3)CCC2)cc1OC. The van der Waals surface area contributed by atoms with Crippen molar-refractivity contribution >= 4 is 5.91 Å². The molecule has 1 aliphatic rings. The second-order valence-electron chi connectivity index (χ2n) is 5.68. The molecule has 1 aromatic heterocycles. The smallest absolute Gasteiger partial charge is 0.225 e. The molecule has 1 aromatic carbocycles. The van der Waals surface area contributed by atoms with E-state index in [0.29, 0.717) is 11.5 Å². The van der Waals surface area contributed by atoms with Crippen LogP contribution in [0.2, 0.25) is 0 Å². The van der Waals surface area contributed by atoms with Gasteiger partial charge in [-0.1, -0.05) is 6.07 Å². The molecule has 7 nitrogen and oxygen atoms in total. The molecule has 0 radical (unpaired) electrons. The van der Waals surface area contributed by atoms with Crippen LogP contribution in [0.1, 0.15) is 30.7 Å². The van der Waals surface area contributed by atoms with Crippen LogP contribution < -0.4 is 14.8 Å². The number of hydrogen-bond acceptors (Lipinski definition) is 5. The molecule has 1 fully saturated rings. The second-order valence-corrected chi connectivity index (χ2v) is 5.68. The van der Waals surface area contributed by atoms with Crippen molar-refractivity contribution in [2.75, 3.05) is 14.2 Å². The highest BCUT2D eigenvalue weighted by atomic mass is 16.5. The number of aromatic nitrogens is 3. The molecule has 122 valence electrons. The zero-order chi connectivity index (χ0) is 16.3. The number of aromatic amines is 1. The average molecular weight is 316 g/mol. The van der Waals surface area contributed by atoms with E-state index < -0.39 is 5.54 Å². The Labute approximate surface area is 134 Å². The Morgan fingerprint density at radius 1 is 1.30 bits per heavy atom. The summed E-state index contributed by atoms with van der Waals surface area (Å²) in [6, 6.07) is 5.49. The van der Waals surface area contributed by atoms with Crippen molar-refractivity contribution in [3.05, 3.63) is 35.9 Å². The van der Waals surface area contributed by atoms with Gasteiger partial charge in [0.1, 0.15) is 12.2 Å². The van der Waals surface area contributed by atoms with Crippen molar-refractivity contribution in [1.29, 1.82) is 0 Å². The molecule has 0 bridgehead atoms. The van der Waals surface area contributed by atoms with Crippen molar-refractivity contribution in [2.45, 2.75) is 31.2 Å². The van der Waals surface area contributed by atoms with Gasteiger partial charge in [0, 0.05) is 0 Å². The summed E-state index contributed by atoms with van der Waals surface area (Å²) in [5.74, 6) is 1.94. The van der Waals surface area contributed by atoms with E-state index in [9.17, 15) is 4.79 Å². The van der Waals surface area contributed by atoms with Crippen molar-refractivity contribution < 1.29 is 14.3 Å².